The van der Waals surface area contributed by atoms with E-state index in [9.17, 15) is 18.0 Å². The van der Waals surface area contributed by atoms with E-state index in [0.29, 0.717) is 0 Å². The third kappa shape index (κ3) is 3.19. The minimum Gasteiger partial charge on any atom is -0.318 e. The summed E-state index contributed by atoms with van der Waals surface area (Å²) in [4.78, 5) is 25.5. The van der Waals surface area contributed by atoms with Gasteiger partial charge in [-0.25, -0.2) is 13.2 Å². The second kappa shape index (κ2) is 5.65. The van der Waals surface area contributed by atoms with Gasteiger partial charge in [-0.05, 0) is 24.6 Å². The smallest absolute Gasteiger partial charge is 0.318 e. The van der Waals surface area contributed by atoms with Gasteiger partial charge in [0.2, 0.25) is 5.91 Å². The molecule has 1 fully saturated rings. The predicted octanol–water partition coefficient (Wildman–Crippen LogP) is 1.32. The van der Waals surface area contributed by atoms with Gasteiger partial charge in [0.1, 0.15) is 6.54 Å². The molecule has 1 saturated heterocycles. The van der Waals surface area contributed by atoms with Gasteiger partial charge in [0.15, 0.2) is 9.84 Å². The fraction of sp³-hybridized carbons (Fsp3) is 0.385. The molecule has 1 aliphatic heterocycles. The van der Waals surface area contributed by atoms with Crippen molar-refractivity contribution in [1.29, 1.82) is 0 Å². The molecule has 0 bridgehead atoms. The lowest BCUT2D eigenvalue weighted by atomic mass is 10.2. The van der Waals surface area contributed by atoms with Crippen LogP contribution in [0.2, 0.25) is 5.02 Å². The number of amides is 3. The van der Waals surface area contributed by atoms with Crippen LogP contribution in [-0.2, 0) is 14.6 Å². The molecular weight excluding hydrogens is 316 g/mol. The second-order valence-electron chi connectivity index (χ2n) is 4.94. The van der Waals surface area contributed by atoms with Crippen molar-refractivity contribution in [3.05, 3.63) is 28.8 Å². The van der Waals surface area contributed by atoms with E-state index < -0.39 is 21.8 Å². The molecule has 1 aliphatic rings. The van der Waals surface area contributed by atoms with Crippen LogP contribution >= 0.6 is 11.6 Å². The van der Waals surface area contributed by atoms with Gasteiger partial charge in [0.05, 0.1) is 15.7 Å². The maximum absolute atomic E-state index is 12.3. The molecule has 0 saturated carbocycles. The summed E-state index contributed by atoms with van der Waals surface area (Å²) in [5.74, 6) is -0.741. The largest absolute Gasteiger partial charge is 0.326 e. The fourth-order valence-electron chi connectivity index (χ4n) is 2.06. The van der Waals surface area contributed by atoms with Crippen molar-refractivity contribution < 1.29 is 18.0 Å². The minimum absolute atomic E-state index is 0.0237. The summed E-state index contributed by atoms with van der Waals surface area (Å²) in [5, 5.41) is 0.136. The third-order valence-electron chi connectivity index (χ3n) is 3.24. The second-order valence-corrected chi connectivity index (χ2v) is 7.42. The van der Waals surface area contributed by atoms with Crippen LogP contribution in [0.1, 0.15) is 5.56 Å². The highest BCUT2D eigenvalue weighted by Crippen LogP contribution is 2.24. The molecule has 1 aromatic carbocycles. The number of nitrogens with zero attached hydrogens (tertiary/aromatic N) is 2. The maximum Gasteiger partial charge on any atom is 0.326 e. The van der Waals surface area contributed by atoms with Gasteiger partial charge in [-0.15, -0.1) is 0 Å². The number of benzene rings is 1. The zero-order valence-electron chi connectivity index (χ0n) is 11.7. The number of halogens is 1. The number of rotatable bonds is 4. The SMILES string of the molecule is Cc1ccc(Cl)c(S(=O)(=O)CCN2C(=O)CN(C)C2=O)c1. The normalized spacial score (nSPS) is 16.0. The van der Waals surface area contributed by atoms with E-state index in [1.807, 2.05) is 0 Å². The monoisotopic (exact) mass is 330 g/mol. The Morgan fingerprint density at radius 2 is 1.95 bits per heavy atom. The number of carbonyl (C=O) groups excluding carboxylic acids is 2. The number of sulfone groups is 1. The van der Waals surface area contributed by atoms with Gasteiger partial charge in [-0.2, -0.15) is 0 Å². The number of carbonyl (C=O) groups is 2. The molecule has 1 heterocycles. The Morgan fingerprint density at radius 3 is 2.52 bits per heavy atom. The van der Waals surface area contributed by atoms with E-state index in [-0.39, 0.29) is 28.8 Å². The van der Waals surface area contributed by atoms with E-state index >= 15 is 0 Å². The number of urea groups is 1. The first-order valence-electron chi connectivity index (χ1n) is 6.27. The van der Waals surface area contributed by atoms with Crippen molar-refractivity contribution in [2.75, 3.05) is 25.9 Å². The number of imide groups is 1. The molecule has 0 atom stereocenters. The number of hydrogen-bond acceptors (Lipinski definition) is 4. The van der Waals surface area contributed by atoms with E-state index in [0.717, 1.165) is 10.5 Å². The molecule has 6 nitrogen and oxygen atoms in total. The number of aryl methyl sites for hydroxylation is 1. The molecule has 8 heteroatoms. The van der Waals surface area contributed by atoms with E-state index in [1.54, 1.807) is 13.0 Å². The molecule has 2 rings (SSSR count). The lowest BCUT2D eigenvalue weighted by molar-refractivity contribution is -0.125. The molecule has 3 amide bonds. The topological polar surface area (TPSA) is 74.8 Å². The lowest BCUT2D eigenvalue weighted by Crippen LogP contribution is -2.35. The fourth-order valence-corrected chi connectivity index (χ4v) is 3.90. The first kappa shape index (κ1) is 15.8. The first-order valence-corrected chi connectivity index (χ1v) is 8.30. The Labute approximate surface area is 128 Å². The van der Waals surface area contributed by atoms with Gasteiger partial charge >= 0.3 is 6.03 Å². The Balaban J connectivity index is 2.17. The highest BCUT2D eigenvalue weighted by Gasteiger charge is 2.34. The average Bonchev–Trinajstić information content (AvgIpc) is 2.64. The highest BCUT2D eigenvalue weighted by atomic mass is 35.5. The summed E-state index contributed by atoms with van der Waals surface area (Å²) < 4.78 is 24.6. The molecule has 0 spiro atoms. The molecule has 114 valence electrons. The Hall–Kier alpha value is -1.60. The quantitative estimate of drug-likeness (QED) is 0.780. The van der Waals surface area contributed by atoms with Crippen LogP contribution in [0, 0.1) is 6.92 Å². The summed E-state index contributed by atoms with van der Waals surface area (Å²) in [6, 6.07) is 4.23. The predicted molar refractivity (Wildman–Crippen MR) is 78.0 cm³/mol. The molecule has 0 N–H and O–H groups in total. The standard InChI is InChI=1S/C13H15ClN2O4S/c1-9-3-4-10(14)11(7-9)21(19,20)6-5-16-12(17)8-15(2)13(16)18/h3-4,7H,5-6,8H2,1-2H3. The Morgan fingerprint density at radius 1 is 1.29 bits per heavy atom. The zero-order valence-corrected chi connectivity index (χ0v) is 13.2. The van der Waals surface area contributed by atoms with Crippen molar-refractivity contribution in [3.8, 4) is 0 Å². The molecule has 0 aromatic heterocycles. The summed E-state index contributed by atoms with van der Waals surface area (Å²) in [6.07, 6.45) is 0. The van der Waals surface area contributed by atoms with Crippen molar-refractivity contribution >= 4 is 33.4 Å². The van der Waals surface area contributed by atoms with Crippen molar-refractivity contribution in [3.63, 3.8) is 0 Å². The molecular formula is C13H15ClN2O4S. The van der Waals surface area contributed by atoms with Crippen LogP contribution < -0.4 is 0 Å². The van der Waals surface area contributed by atoms with Crippen LogP contribution in [-0.4, -0.2) is 56.0 Å². The zero-order chi connectivity index (χ0) is 15.8. The van der Waals surface area contributed by atoms with Crippen LogP contribution in [0.4, 0.5) is 4.79 Å². The number of hydrogen-bond donors (Lipinski definition) is 0. The van der Waals surface area contributed by atoms with Gasteiger partial charge in [0.25, 0.3) is 0 Å². The van der Waals surface area contributed by atoms with E-state index in [2.05, 4.69) is 0 Å². The first-order chi connectivity index (χ1) is 9.72. The summed E-state index contributed by atoms with van der Waals surface area (Å²) in [7, 11) is -2.17. The van der Waals surface area contributed by atoms with Gasteiger partial charge in [-0.3, -0.25) is 9.69 Å². The molecule has 1 aromatic rings. The van der Waals surface area contributed by atoms with Crippen LogP contribution in [0.15, 0.2) is 23.1 Å². The summed E-state index contributed by atoms with van der Waals surface area (Å²) in [5.41, 5.74) is 0.769. The molecule has 21 heavy (non-hydrogen) atoms. The molecule has 0 aliphatic carbocycles. The van der Waals surface area contributed by atoms with Crippen molar-refractivity contribution in [2.24, 2.45) is 0 Å². The molecule has 0 radical (unpaired) electrons. The van der Waals surface area contributed by atoms with Gasteiger partial charge in [0, 0.05) is 13.6 Å². The number of likely N-dealkylation sites (N-methyl/N-ethyl adjacent to an activating group) is 1. The summed E-state index contributed by atoms with van der Waals surface area (Å²) in [6.45, 7) is 1.57. The van der Waals surface area contributed by atoms with Crippen LogP contribution in [0.25, 0.3) is 0 Å². The van der Waals surface area contributed by atoms with Crippen molar-refractivity contribution in [1.82, 2.24) is 9.80 Å². The van der Waals surface area contributed by atoms with Gasteiger partial charge < -0.3 is 4.90 Å². The van der Waals surface area contributed by atoms with Crippen molar-refractivity contribution in [2.45, 2.75) is 11.8 Å². The molecule has 0 unspecified atom stereocenters. The Bertz CT molecular complexity index is 702. The average molecular weight is 331 g/mol. The van der Waals surface area contributed by atoms with Crippen LogP contribution in [0.5, 0.6) is 0 Å². The maximum atomic E-state index is 12.3. The van der Waals surface area contributed by atoms with E-state index in [1.165, 1.54) is 24.1 Å². The lowest BCUT2D eigenvalue weighted by Gasteiger charge is -2.14. The van der Waals surface area contributed by atoms with Crippen LogP contribution in [0.3, 0.4) is 0 Å². The van der Waals surface area contributed by atoms with E-state index in [4.69, 9.17) is 11.6 Å². The highest BCUT2D eigenvalue weighted by molar-refractivity contribution is 7.91. The van der Waals surface area contributed by atoms with Gasteiger partial charge in [-0.1, -0.05) is 17.7 Å². The third-order valence-corrected chi connectivity index (χ3v) is 5.41. The minimum atomic E-state index is -3.66. The summed E-state index contributed by atoms with van der Waals surface area (Å²) >= 11 is 5.92. The Kier molecular flexibility index (Phi) is 4.25.